The van der Waals surface area contributed by atoms with Crippen molar-refractivity contribution in [2.75, 3.05) is 44.6 Å². The molecule has 1 unspecified atom stereocenters. The fourth-order valence-electron chi connectivity index (χ4n) is 8.82. The highest BCUT2D eigenvalue weighted by Gasteiger charge is 2.51. The van der Waals surface area contributed by atoms with Gasteiger partial charge in [-0.15, -0.1) is 21.5 Å². The third kappa shape index (κ3) is 7.51. The average molecular weight is 835 g/mol. The number of carbonyl (C=O) groups is 2. The van der Waals surface area contributed by atoms with Crippen molar-refractivity contribution >= 4 is 29.0 Å². The molecule has 8 rings (SSSR count). The molecule has 316 valence electrons. The Morgan fingerprint density at radius 1 is 1.08 bits per heavy atom. The highest BCUT2D eigenvalue weighted by atomic mass is 32.1. The van der Waals surface area contributed by atoms with Gasteiger partial charge in [0.05, 0.1) is 33.4 Å². The normalized spacial score (nSPS) is 21.6. The summed E-state index contributed by atoms with van der Waals surface area (Å²) in [5, 5.41) is 40.8. The molecule has 4 atom stereocenters. The number of fused-ring (bicyclic) bond motifs is 1. The van der Waals surface area contributed by atoms with Crippen molar-refractivity contribution in [2.45, 2.75) is 83.4 Å². The largest absolute Gasteiger partial charge is 0.507 e. The van der Waals surface area contributed by atoms with Gasteiger partial charge in [0.1, 0.15) is 23.8 Å². The lowest BCUT2D eigenvalue weighted by Gasteiger charge is -2.47. The Morgan fingerprint density at radius 3 is 2.53 bits per heavy atom. The topological polar surface area (TPSA) is 179 Å². The maximum atomic E-state index is 14.6. The number of aliphatic hydroxyl groups excluding tert-OH is 1. The number of aryl methyl sites for hydroxylation is 1. The molecule has 15 heteroatoms. The summed E-state index contributed by atoms with van der Waals surface area (Å²) in [6.45, 7) is 17.4. The fourth-order valence-corrected chi connectivity index (χ4v) is 9.63. The molecule has 6 heterocycles. The van der Waals surface area contributed by atoms with Gasteiger partial charge in [0.2, 0.25) is 11.8 Å². The Morgan fingerprint density at radius 2 is 1.83 bits per heavy atom. The number of amides is 2. The van der Waals surface area contributed by atoms with Crippen molar-refractivity contribution in [1.82, 2.24) is 35.5 Å². The summed E-state index contributed by atoms with van der Waals surface area (Å²) < 4.78 is 11.9. The van der Waals surface area contributed by atoms with Crippen LogP contribution in [0.4, 0.5) is 5.82 Å². The highest BCUT2D eigenvalue weighted by Crippen LogP contribution is 2.46. The monoisotopic (exact) mass is 834 g/mol. The molecule has 3 aliphatic heterocycles. The highest BCUT2D eigenvalue weighted by molar-refractivity contribution is 7.13. The number of nitrogens with zero attached hydrogens (tertiary/aromatic N) is 6. The van der Waals surface area contributed by atoms with E-state index in [2.05, 4.69) is 48.9 Å². The first-order valence-electron chi connectivity index (χ1n) is 20.6. The molecule has 3 aromatic heterocycles. The lowest BCUT2D eigenvalue weighted by atomic mass is 9.70. The molecule has 60 heavy (non-hydrogen) atoms. The van der Waals surface area contributed by atoms with Gasteiger partial charge in [0, 0.05) is 61.8 Å². The summed E-state index contributed by atoms with van der Waals surface area (Å²) in [5.74, 6) is 1.08. The molecular weight excluding hydrogens is 781 g/mol. The zero-order chi connectivity index (χ0) is 42.6. The standard InChI is InChI=1S/C45H54N8O6S/c1-26(2)45(7,42(57)53-23-31(54)18-35(53)41(56)48-43(4,5)29-14-12-28(13-15-29)39-27(3)47-25-60-39)37-20-38(51-59-37)58-17-16-52-21-30(22-52)44(6)24-46-40-33(44)19-34(49-50-40)32-10-8-9-11-36(32)55/h8-15,19-20,25-26,30-31,35,54-55H,16-18,21-24H2,1-7H3,(H,46,50)(H,48,56)/t31-,35+,44?,45+/m1/s1. The molecule has 2 aromatic carbocycles. The quantitative estimate of drug-likeness (QED) is 0.111. The number of ether oxygens (including phenoxy) is 1. The van der Waals surface area contributed by atoms with E-state index >= 15 is 0 Å². The van der Waals surface area contributed by atoms with Crippen LogP contribution in [0.1, 0.15) is 70.5 Å². The van der Waals surface area contributed by atoms with Crippen LogP contribution in [0.2, 0.25) is 0 Å². The number of benzene rings is 2. The number of rotatable bonds is 13. The molecule has 14 nitrogen and oxygen atoms in total. The Hall–Kier alpha value is -5.38. The number of likely N-dealkylation sites (tertiary alicyclic amines) is 2. The number of aromatic nitrogens is 4. The van der Waals surface area contributed by atoms with Gasteiger partial charge < -0.3 is 35.0 Å². The van der Waals surface area contributed by atoms with Gasteiger partial charge in [-0.25, -0.2) is 4.98 Å². The van der Waals surface area contributed by atoms with Crippen LogP contribution in [0.15, 0.2) is 70.7 Å². The zero-order valence-corrected chi connectivity index (χ0v) is 36.0. The van der Waals surface area contributed by atoms with Crippen LogP contribution in [0.5, 0.6) is 11.6 Å². The molecule has 0 radical (unpaired) electrons. The van der Waals surface area contributed by atoms with E-state index in [1.807, 2.05) is 76.5 Å². The number of aliphatic hydroxyl groups is 1. The van der Waals surface area contributed by atoms with E-state index in [9.17, 15) is 19.8 Å². The Kier molecular flexibility index (Phi) is 11.0. The number of β-amino-alcohol motifs (C(OH)–C–C–N with tert-alkyl or cyclic N) is 1. The minimum absolute atomic E-state index is 0.0305. The molecule has 0 aliphatic carbocycles. The summed E-state index contributed by atoms with van der Waals surface area (Å²) >= 11 is 1.59. The molecule has 2 amide bonds. The van der Waals surface area contributed by atoms with Gasteiger partial charge in [0.25, 0.3) is 5.88 Å². The fraction of sp³-hybridized carbons (Fsp3) is 0.467. The molecule has 0 bridgehead atoms. The van der Waals surface area contributed by atoms with E-state index < -0.39 is 23.1 Å². The summed E-state index contributed by atoms with van der Waals surface area (Å²) in [6, 6.07) is 18.1. The van der Waals surface area contributed by atoms with Crippen LogP contribution in [-0.4, -0.2) is 104 Å². The maximum absolute atomic E-state index is 14.6. The first-order valence-corrected chi connectivity index (χ1v) is 21.5. The van der Waals surface area contributed by atoms with Gasteiger partial charge in [-0.3, -0.25) is 14.5 Å². The van der Waals surface area contributed by atoms with E-state index in [0.29, 0.717) is 36.1 Å². The van der Waals surface area contributed by atoms with Crippen LogP contribution >= 0.6 is 11.3 Å². The van der Waals surface area contributed by atoms with Gasteiger partial charge in [0.15, 0.2) is 11.6 Å². The first kappa shape index (κ1) is 41.4. The van der Waals surface area contributed by atoms with Crippen LogP contribution in [0.25, 0.3) is 21.7 Å². The molecule has 3 aliphatic rings. The number of anilines is 1. The predicted molar refractivity (Wildman–Crippen MR) is 229 cm³/mol. The number of para-hydroxylation sites is 1. The third-order valence-corrected chi connectivity index (χ3v) is 14.2. The minimum atomic E-state index is -1.19. The van der Waals surface area contributed by atoms with Crippen molar-refractivity contribution in [3.8, 4) is 33.3 Å². The van der Waals surface area contributed by atoms with E-state index in [1.54, 1.807) is 36.5 Å². The number of nitrogens with one attached hydrogen (secondary N) is 2. The summed E-state index contributed by atoms with van der Waals surface area (Å²) in [6.07, 6.45) is -0.721. The number of phenols is 1. The van der Waals surface area contributed by atoms with E-state index in [1.165, 1.54) is 4.90 Å². The van der Waals surface area contributed by atoms with Crippen molar-refractivity contribution in [1.29, 1.82) is 0 Å². The van der Waals surface area contributed by atoms with Crippen molar-refractivity contribution in [3.05, 3.63) is 88.8 Å². The van der Waals surface area contributed by atoms with Crippen LogP contribution in [-0.2, 0) is 26.0 Å². The summed E-state index contributed by atoms with van der Waals surface area (Å²) in [7, 11) is 0. The SMILES string of the molecule is Cc1ncsc1-c1ccc(C(C)(C)NC(=O)[C@@H]2C[C@@H](O)CN2C(=O)[C@](C)(c2cc(OCCN3CC(C4(C)CNc5nnc(-c6ccccc6O)cc54)C3)no2)C(C)C)cc1. The Labute approximate surface area is 354 Å². The van der Waals surface area contributed by atoms with Gasteiger partial charge in [-0.1, -0.05) is 57.2 Å². The molecule has 5 aromatic rings. The molecule has 2 saturated heterocycles. The lowest BCUT2D eigenvalue weighted by molar-refractivity contribution is -0.145. The lowest BCUT2D eigenvalue weighted by Crippen LogP contribution is -2.56. The maximum Gasteiger partial charge on any atom is 0.254 e. The van der Waals surface area contributed by atoms with Gasteiger partial charge in [-0.05, 0) is 74.0 Å². The van der Waals surface area contributed by atoms with Crippen LogP contribution in [0, 0.1) is 18.8 Å². The Bertz CT molecular complexity index is 2370. The number of carbonyl (C=O) groups excluding carboxylic acids is 2. The predicted octanol–water partition coefficient (Wildman–Crippen LogP) is 5.89. The first-order chi connectivity index (χ1) is 28.6. The molecule has 4 N–H and O–H groups in total. The molecule has 0 spiro atoms. The number of hydrogen-bond donors (Lipinski definition) is 4. The number of phenolic OH excluding ortho intramolecular Hbond substituents is 1. The van der Waals surface area contributed by atoms with E-state index in [0.717, 1.165) is 52.7 Å². The van der Waals surface area contributed by atoms with Crippen LogP contribution < -0.4 is 15.4 Å². The zero-order valence-electron chi connectivity index (χ0n) is 35.2. The third-order valence-electron chi connectivity index (χ3n) is 13.2. The summed E-state index contributed by atoms with van der Waals surface area (Å²) in [5.41, 5.74) is 5.11. The number of thiazole rings is 1. The van der Waals surface area contributed by atoms with Crippen molar-refractivity contribution in [3.63, 3.8) is 0 Å². The van der Waals surface area contributed by atoms with Gasteiger partial charge >= 0.3 is 0 Å². The summed E-state index contributed by atoms with van der Waals surface area (Å²) in [4.78, 5) is 37.8. The molecule has 2 fully saturated rings. The van der Waals surface area contributed by atoms with Crippen LogP contribution in [0.3, 0.4) is 0 Å². The molecule has 0 saturated carbocycles. The second-order valence-corrected chi connectivity index (χ2v) is 18.6. The van der Waals surface area contributed by atoms with E-state index in [4.69, 9.17) is 9.26 Å². The number of hydrogen-bond acceptors (Lipinski definition) is 13. The second-order valence-electron chi connectivity index (χ2n) is 17.8. The van der Waals surface area contributed by atoms with Gasteiger partial charge in [-0.2, -0.15) is 0 Å². The van der Waals surface area contributed by atoms with Crippen molar-refractivity contribution < 1.29 is 29.1 Å². The Balaban J connectivity index is 0.877. The van der Waals surface area contributed by atoms with Crippen molar-refractivity contribution in [2.24, 2.45) is 11.8 Å². The average Bonchev–Trinajstić information content (AvgIpc) is 4.02. The number of aromatic hydroxyl groups is 1. The second kappa shape index (κ2) is 15.9. The minimum Gasteiger partial charge on any atom is -0.507 e. The smallest absolute Gasteiger partial charge is 0.254 e. The van der Waals surface area contributed by atoms with E-state index in [-0.39, 0.29) is 47.7 Å². The molecular formula is C45H54N8O6S.